The fraction of sp³-hybridized carbons (Fsp3) is 0.714. The summed E-state index contributed by atoms with van der Waals surface area (Å²) in [4.78, 5) is 26.1. The highest BCUT2D eigenvalue weighted by atomic mass is 16.2. The van der Waals surface area contributed by atoms with E-state index in [9.17, 15) is 9.59 Å². The number of likely N-dealkylation sites (tertiary alicyclic amines) is 1. The van der Waals surface area contributed by atoms with Crippen LogP contribution in [0.1, 0.15) is 51.7 Å². The monoisotopic (exact) mass is 278 g/mol. The number of carbonyl (C=O) groups is 2. The van der Waals surface area contributed by atoms with E-state index in [1.54, 1.807) is 0 Å². The Hall–Kier alpha value is -1.72. The van der Waals surface area contributed by atoms with Crippen LogP contribution in [-0.4, -0.2) is 31.5 Å². The summed E-state index contributed by atoms with van der Waals surface area (Å²) in [7, 11) is 0. The third-order valence-corrected chi connectivity index (χ3v) is 4.47. The first-order chi connectivity index (χ1) is 9.49. The number of aryl methyl sites for hydroxylation is 1. The summed E-state index contributed by atoms with van der Waals surface area (Å²) >= 11 is 0. The predicted octanol–water partition coefficient (Wildman–Crippen LogP) is 1.67. The number of nitrogens with zero attached hydrogens (tertiary/aromatic N) is 4. The van der Waals surface area contributed by atoms with Gasteiger partial charge in [0, 0.05) is 13.0 Å². The van der Waals surface area contributed by atoms with Gasteiger partial charge in [0.05, 0.1) is 12.0 Å². The number of hydrogen-bond donors (Lipinski definition) is 0. The molecule has 2 heterocycles. The van der Waals surface area contributed by atoms with E-state index < -0.39 is 5.41 Å². The molecule has 110 valence electrons. The predicted molar refractivity (Wildman–Crippen MR) is 73.6 cm³/mol. The number of aromatic nitrogens is 3. The number of imide groups is 1. The van der Waals surface area contributed by atoms with Crippen molar-refractivity contribution in [3.8, 4) is 0 Å². The van der Waals surface area contributed by atoms with Gasteiger partial charge >= 0.3 is 0 Å². The minimum absolute atomic E-state index is 0.0594. The molecule has 6 heteroatoms. The van der Waals surface area contributed by atoms with E-state index in [2.05, 4.69) is 10.2 Å². The lowest BCUT2D eigenvalue weighted by Gasteiger charge is -2.23. The van der Waals surface area contributed by atoms with E-state index in [-0.39, 0.29) is 18.4 Å². The summed E-state index contributed by atoms with van der Waals surface area (Å²) < 4.78 is 1.93. The quantitative estimate of drug-likeness (QED) is 0.768. The smallest absolute Gasteiger partial charge is 0.236 e. The van der Waals surface area contributed by atoms with Crippen molar-refractivity contribution in [3.63, 3.8) is 0 Å². The maximum absolute atomic E-state index is 12.6. The fourth-order valence-corrected chi connectivity index (χ4v) is 2.92. The molecule has 0 unspecified atom stereocenters. The lowest BCUT2D eigenvalue weighted by atomic mass is 9.81. The van der Waals surface area contributed by atoms with Crippen molar-refractivity contribution in [1.82, 2.24) is 19.7 Å². The van der Waals surface area contributed by atoms with Crippen LogP contribution < -0.4 is 0 Å². The van der Waals surface area contributed by atoms with E-state index in [0.717, 1.165) is 12.4 Å². The third kappa shape index (κ3) is 2.13. The summed E-state index contributed by atoms with van der Waals surface area (Å²) in [5.41, 5.74) is -0.511. The van der Waals surface area contributed by atoms with Crippen LogP contribution in [0.2, 0.25) is 0 Å². The van der Waals surface area contributed by atoms with Crippen LogP contribution in [0.3, 0.4) is 0 Å². The van der Waals surface area contributed by atoms with Crippen molar-refractivity contribution in [2.45, 2.75) is 60.0 Å². The maximum Gasteiger partial charge on any atom is 0.236 e. The Bertz CT molecular complexity index is 531. The minimum Gasteiger partial charge on any atom is -0.314 e. The summed E-state index contributed by atoms with van der Waals surface area (Å²) in [5, 5.41) is 8.11. The highest BCUT2D eigenvalue weighted by Gasteiger charge is 2.49. The molecule has 20 heavy (non-hydrogen) atoms. The molecule has 0 saturated carbocycles. The summed E-state index contributed by atoms with van der Waals surface area (Å²) in [5.74, 6) is 1.33. The second-order valence-electron chi connectivity index (χ2n) is 5.36. The Kier molecular flexibility index (Phi) is 3.92. The molecule has 0 radical (unpaired) electrons. The van der Waals surface area contributed by atoms with Crippen molar-refractivity contribution in [2.24, 2.45) is 5.41 Å². The highest BCUT2D eigenvalue weighted by molar-refractivity contribution is 6.05. The zero-order valence-corrected chi connectivity index (χ0v) is 12.6. The molecular weight excluding hydrogens is 256 g/mol. The molecule has 2 rings (SSSR count). The van der Waals surface area contributed by atoms with Gasteiger partial charge in [0.1, 0.15) is 5.82 Å². The van der Waals surface area contributed by atoms with Crippen molar-refractivity contribution in [3.05, 3.63) is 11.6 Å². The van der Waals surface area contributed by atoms with E-state index in [0.29, 0.717) is 25.1 Å². The van der Waals surface area contributed by atoms with Crippen molar-refractivity contribution >= 4 is 11.8 Å². The van der Waals surface area contributed by atoms with Gasteiger partial charge in [0.2, 0.25) is 11.8 Å². The average Bonchev–Trinajstić information content (AvgIpc) is 2.91. The van der Waals surface area contributed by atoms with E-state index >= 15 is 0 Å². The first-order valence-corrected chi connectivity index (χ1v) is 7.22. The molecular formula is C14H22N4O2. The molecule has 0 N–H and O–H groups in total. The lowest BCUT2D eigenvalue weighted by Crippen LogP contribution is -2.35. The first kappa shape index (κ1) is 14.7. The Morgan fingerprint density at radius 2 is 1.80 bits per heavy atom. The average molecular weight is 278 g/mol. The van der Waals surface area contributed by atoms with Crippen molar-refractivity contribution in [1.29, 1.82) is 0 Å². The van der Waals surface area contributed by atoms with Crippen molar-refractivity contribution in [2.75, 3.05) is 0 Å². The molecule has 0 bridgehead atoms. The van der Waals surface area contributed by atoms with Gasteiger partial charge < -0.3 is 4.57 Å². The van der Waals surface area contributed by atoms with Gasteiger partial charge in [-0.2, -0.15) is 0 Å². The first-order valence-electron chi connectivity index (χ1n) is 7.22. The van der Waals surface area contributed by atoms with Crippen LogP contribution in [0.15, 0.2) is 0 Å². The summed E-state index contributed by atoms with van der Waals surface area (Å²) in [6.07, 6.45) is 1.71. The van der Waals surface area contributed by atoms with E-state index in [4.69, 9.17) is 0 Å². The molecule has 0 atom stereocenters. The van der Waals surface area contributed by atoms with Crippen LogP contribution >= 0.6 is 0 Å². The topological polar surface area (TPSA) is 68.1 Å². The Morgan fingerprint density at radius 1 is 1.15 bits per heavy atom. The molecule has 0 aromatic carbocycles. The molecule has 1 aromatic rings. The summed E-state index contributed by atoms with van der Waals surface area (Å²) in [6, 6.07) is 0. The van der Waals surface area contributed by atoms with Gasteiger partial charge in [-0.3, -0.25) is 14.5 Å². The molecule has 6 nitrogen and oxygen atoms in total. The number of rotatable bonds is 5. The normalized spacial score (nSPS) is 18.1. The van der Waals surface area contributed by atoms with Gasteiger partial charge in [0.15, 0.2) is 5.82 Å². The molecule has 1 fully saturated rings. The second-order valence-corrected chi connectivity index (χ2v) is 5.36. The standard InChI is InChI=1S/C14H22N4O2/c1-5-14(6-2)8-12(19)18(13(14)20)9-11-16-15-10(4)17(11)7-3/h5-9H2,1-4H3. The SMILES string of the molecule is CCn1c(C)nnc1CN1C(=O)CC(CC)(CC)C1=O. The zero-order chi connectivity index (χ0) is 14.9. The van der Waals surface area contributed by atoms with Gasteiger partial charge in [0.25, 0.3) is 0 Å². The molecule has 1 aliphatic heterocycles. The Morgan fingerprint density at radius 3 is 2.30 bits per heavy atom. The summed E-state index contributed by atoms with van der Waals surface area (Å²) in [6.45, 7) is 8.77. The molecule has 2 amide bonds. The van der Waals surface area contributed by atoms with Crippen molar-refractivity contribution < 1.29 is 9.59 Å². The lowest BCUT2D eigenvalue weighted by molar-refractivity contribution is -0.142. The molecule has 1 aliphatic rings. The van der Waals surface area contributed by atoms with Crippen LogP contribution in [0, 0.1) is 12.3 Å². The van der Waals surface area contributed by atoms with Gasteiger partial charge in [-0.25, -0.2) is 0 Å². The largest absolute Gasteiger partial charge is 0.314 e. The van der Waals surface area contributed by atoms with Gasteiger partial charge in [-0.05, 0) is 26.7 Å². The van der Waals surface area contributed by atoms with Gasteiger partial charge in [-0.15, -0.1) is 10.2 Å². The molecule has 1 aromatic heterocycles. The Balaban J connectivity index is 2.26. The highest BCUT2D eigenvalue weighted by Crippen LogP contribution is 2.39. The van der Waals surface area contributed by atoms with Crippen LogP contribution in [0.25, 0.3) is 0 Å². The Labute approximate surface area is 119 Å². The maximum atomic E-state index is 12.6. The number of carbonyl (C=O) groups excluding carboxylic acids is 2. The van der Waals surface area contributed by atoms with E-state index in [1.807, 2.05) is 32.3 Å². The molecule has 0 spiro atoms. The number of hydrogen-bond acceptors (Lipinski definition) is 4. The van der Waals surface area contributed by atoms with Crippen LogP contribution in [-0.2, 0) is 22.7 Å². The third-order valence-electron chi connectivity index (χ3n) is 4.47. The fourth-order valence-electron chi connectivity index (χ4n) is 2.92. The second kappa shape index (κ2) is 5.34. The van der Waals surface area contributed by atoms with Crippen LogP contribution in [0.4, 0.5) is 0 Å². The van der Waals surface area contributed by atoms with Gasteiger partial charge in [-0.1, -0.05) is 13.8 Å². The zero-order valence-electron chi connectivity index (χ0n) is 12.6. The van der Waals surface area contributed by atoms with Crippen LogP contribution in [0.5, 0.6) is 0 Å². The molecule has 1 saturated heterocycles. The molecule has 0 aliphatic carbocycles. The van der Waals surface area contributed by atoms with E-state index in [1.165, 1.54) is 4.90 Å². The minimum atomic E-state index is -0.511. The number of amides is 2.